The van der Waals surface area contributed by atoms with Gasteiger partial charge in [0.05, 0.1) is 6.54 Å². The van der Waals surface area contributed by atoms with Crippen molar-refractivity contribution in [3.63, 3.8) is 0 Å². The molecule has 2 saturated heterocycles. The Morgan fingerprint density at radius 2 is 1.46 bits per heavy atom. The Labute approximate surface area is 139 Å². The SMILES string of the molecule is O=C(CN1CCCC1)N1CCN(C(=O)On2c(O)ccc2O)CC1. The molecule has 0 aromatic carbocycles. The number of piperazine rings is 1. The van der Waals surface area contributed by atoms with Crippen molar-refractivity contribution in [3.05, 3.63) is 12.1 Å². The van der Waals surface area contributed by atoms with Gasteiger partial charge in [0.2, 0.25) is 17.7 Å². The van der Waals surface area contributed by atoms with Crippen molar-refractivity contribution < 1.29 is 24.6 Å². The number of aromatic hydroxyl groups is 2. The van der Waals surface area contributed by atoms with Gasteiger partial charge in [-0.1, -0.05) is 0 Å². The van der Waals surface area contributed by atoms with Crippen LogP contribution < -0.4 is 4.84 Å². The Kier molecular flexibility index (Phi) is 4.79. The molecule has 2 amide bonds. The van der Waals surface area contributed by atoms with Crippen molar-refractivity contribution in [2.45, 2.75) is 12.8 Å². The summed E-state index contributed by atoms with van der Waals surface area (Å²) in [5.74, 6) is -0.633. The number of hydrogen-bond donors (Lipinski definition) is 2. The smallest absolute Gasteiger partial charge is 0.434 e. The molecule has 0 aliphatic carbocycles. The van der Waals surface area contributed by atoms with Gasteiger partial charge in [-0.15, -0.1) is 4.73 Å². The van der Waals surface area contributed by atoms with Crippen LogP contribution >= 0.6 is 0 Å². The average molecular weight is 338 g/mol. The largest absolute Gasteiger partial charge is 0.492 e. The van der Waals surface area contributed by atoms with Gasteiger partial charge in [0.1, 0.15) is 0 Å². The third kappa shape index (κ3) is 3.56. The molecule has 0 radical (unpaired) electrons. The van der Waals surface area contributed by atoms with Crippen LogP contribution in [-0.2, 0) is 4.79 Å². The van der Waals surface area contributed by atoms with E-state index in [0.29, 0.717) is 37.5 Å². The number of carbonyl (C=O) groups is 2. The highest BCUT2D eigenvalue weighted by atomic mass is 16.7. The van der Waals surface area contributed by atoms with Crippen molar-refractivity contribution in [2.75, 3.05) is 45.8 Å². The molecule has 2 N–H and O–H groups in total. The molecule has 2 aliphatic heterocycles. The first-order valence-electron chi connectivity index (χ1n) is 8.11. The Morgan fingerprint density at radius 1 is 0.917 bits per heavy atom. The van der Waals surface area contributed by atoms with Crippen LogP contribution in [0.2, 0.25) is 0 Å². The maximum atomic E-state index is 12.3. The molecule has 2 aliphatic rings. The summed E-state index contributed by atoms with van der Waals surface area (Å²) >= 11 is 0. The highest BCUT2D eigenvalue weighted by Crippen LogP contribution is 2.19. The first-order chi connectivity index (χ1) is 11.5. The Balaban J connectivity index is 1.47. The van der Waals surface area contributed by atoms with Crippen LogP contribution in [0.15, 0.2) is 12.1 Å². The fraction of sp³-hybridized carbons (Fsp3) is 0.600. The zero-order valence-corrected chi connectivity index (χ0v) is 13.4. The molecular formula is C15H22N4O5. The molecule has 132 valence electrons. The summed E-state index contributed by atoms with van der Waals surface area (Å²) in [5, 5.41) is 19.0. The van der Waals surface area contributed by atoms with Gasteiger partial charge in [-0.3, -0.25) is 9.69 Å². The van der Waals surface area contributed by atoms with Crippen molar-refractivity contribution in [3.8, 4) is 11.8 Å². The van der Waals surface area contributed by atoms with E-state index in [1.807, 2.05) is 0 Å². The van der Waals surface area contributed by atoms with E-state index in [2.05, 4.69) is 4.90 Å². The molecule has 3 heterocycles. The summed E-state index contributed by atoms with van der Waals surface area (Å²) in [6.45, 7) is 4.00. The number of carbonyl (C=O) groups excluding carboxylic acids is 2. The van der Waals surface area contributed by atoms with Gasteiger partial charge in [0, 0.05) is 38.3 Å². The second-order valence-corrected chi connectivity index (χ2v) is 6.05. The van der Waals surface area contributed by atoms with Gasteiger partial charge in [0.25, 0.3) is 0 Å². The van der Waals surface area contributed by atoms with Gasteiger partial charge in [-0.05, 0) is 25.9 Å². The molecule has 0 saturated carbocycles. The normalized spacial score (nSPS) is 18.8. The fourth-order valence-electron chi connectivity index (χ4n) is 3.00. The molecule has 9 heteroatoms. The molecular weight excluding hydrogens is 316 g/mol. The first-order valence-corrected chi connectivity index (χ1v) is 8.11. The lowest BCUT2D eigenvalue weighted by Crippen LogP contribution is -2.53. The Hall–Kier alpha value is -2.42. The molecule has 3 rings (SSSR count). The minimum atomic E-state index is -0.677. The standard InChI is InChI=1S/C15H22N4O5/c20-12-3-4-13(21)19(12)24-15(23)18-9-7-17(8-10-18)14(22)11-16-5-1-2-6-16/h3-4,20-21H,1-2,5-11H2. The van der Waals surface area contributed by atoms with Crippen molar-refractivity contribution in [1.29, 1.82) is 0 Å². The topological polar surface area (TPSA) is 98.5 Å². The summed E-state index contributed by atoms with van der Waals surface area (Å²) in [4.78, 5) is 34.6. The second-order valence-electron chi connectivity index (χ2n) is 6.05. The summed E-state index contributed by atoms with van der Waals surface area (Å²) in [6, 6.07) is 2.44. The molecule has 9 nitrogen and oxygen atoms in total. The Morgan fingerprint density at radius 3 is 2.04 bits per heavy atom. The van der Waals surface area contributed by atoms with E-state index in [-0.39, 0.29) is 17.7 Å². The summed E-state index contributed by atoms with van der Waals surface area (Å²) in [7, 11) is 0. The predicted molar refractivity (Wildman–Crippen MR) is 83.6 cm³/mol. The van der Waals surface area contributed by atoms with E-state index in [9.17, 15) is 19.8 Å². The lowest BCUT2D eigenvalue weighted by Gasteiger charge is -2.34. The van der Waals surface area contributed by atoms with E-state index >= 15 is 0 Å². The number of aromatic nitrogens is 1. The van der Waals surface area contributed by atoms with Crippen LogP contribution in [0.3, 0.4) is 0 Å². The summed E-state index contributed by atoms with van der Waals surface area (Å²) in [6.07, 6.45) is 1.61. The molecule has 2 fully saturated rings. The van der Waals surface area contributed by atoms with Crippen molar-refractivity contribution in [2.24, 2.45) is 0 Å². The minimum absolute atomic E-state index is 0.0885. The van der Waals surface area contributed by atoms with Crippen LogP contribution in [0.1, 0.15) is 12.8 Å². The van der Waals surface area contributed by atoms with Crippen molar-refractivity contribution in [1.82, 2.24) is 19.4 Å². The van der Waals surface area contributed by atoms with Gasteiger partial charge in [0.15, 0.2) is 0 Å². The van der Waals surface area contributed by atoms with Crippen LogP contribution in [0.4, 0.5) is 4.79 Å². The van der Waals surface area contributed by atoms with Crippen LogP contribution in [0.25, 0.3) is 0 Å². The summed E-state index contributed by atoms with van der Waals surface area (Å²) < 4.78 is 0.660. The molecule has 1 aromatic heterocycles. The highest BCUT2D eigenvalue weighted by molar-refractivity contribution is 5.78. The maximum Gasteiger partial charge on any atom is 0.434 e. The third-order valence-electron chi connectivity index (χ3n) is 4.42. The molecule has 0 spiro atoms. The van der Waals surface area contributed by atoms with Crippen LogP contribution in [-0.4, -0.2) is 87.5 Å². The number of likely N-dealkylation sites (tertiary alicyclic amines) is 1. The molecule has 1 aromatic rings. The van der Waals surface area contributed by atoms with Crippen molar-refractivity contribution >= 4 is 12.0 Å². The average Bonchev–Trinajstić information content (AvgIpc) is 3.20. The Bertz CT molecular complexity index is 584. The quantitative estimate of drug-likeness (QED) is 0.784. The van der Waals surface area contributed by atoms with E-state index in [0.717, 1.165) is 25.9 Å². The van der Waals surface area contributed by atoms with Gasteiger partial charge in [-0.25, -0.2) is 4.79 Å². The minimum Gasteiger partial charge on any atom is -0.492 e. The molecule has 24 heavy (non-hydrogen) atoms. The predicted octanol–water partition coefficient (Wildman–Crippen LogP) is -0.312. The second kappa shape index (κ2) is 7.00. The zero-order chi connectivity index (χ0) is 17.1. The maximum absolute atomic E-state index is 12.3. The monoisotopic (exact) mass is 338 g/mol. The molecule has 0 unspecified atom stereocenters. The highest BCUT2D eigenvalue weighted by Gasteiger charge is 2.27. The van der Waals surface area contributed by atoms with E-state index in [1.54, 1.807) is 4.90 Å². The van der Waals surface area contributed by atoms with Crippen LogP contribution in [0, 0.1) is 0 Å². The van der Waals surface area contributed by atoms with E-state index in [1.165, 1.54) is 17.0 Å². The lowest BCUT2D eigenvalue weighted by molar-refractivity contribution is -0.133. The number of nitrogens with zero attached hydrogens (tertiary/aromatic N) is 4. The third-order valence-corrected chi connectivity index (χ3v) is 4.42. The first kappa shape index (κ1) is 16.4. The van der Waals surface area contributed by atoms with Gasteiger partial charge >= 0.3 is 6.09 Å². The number of rotatable bonds is 3. The zero-order valence-electron chi connectivity index (χ0n) is 13.4. The van der Waals surface area contributed by atoms with E-state index < -0.39 is 6.09 Å². The number of hydrogen-bond acceptors (Lipinski definition) is 6. The van der Waals surface area contributed by atoms with Gasteiger partial charge in [-0.2, -0.15) is 0 Å². The summed E-state index contributed by atoms with van der Waals surface area (Å²) in [5.41, 5.74) is 0. The van der Waals surface area contributed by atoms with E-state index in [4.69, 9.17) is 4.84 Å². The number of amides is 2. The van der Waals surface area contributed by atoms with Gasteiger partial charge < -0.3 is 24.9 Å². The lowest BCUT2D eigenvalue weighted by atomic mass is 10.3. The fourth-order valence-corrected chi connectivity index (χ4v) is 3.00. The van der Waals surface area contributed by atoms with Crippen LogP contribution in [0.5, 0.6) is 11.8 Å². The molecule has 0 bridgehead atoms. The molecule has 0 atom stereocenters.